The monoisotopic (exact) mass is 293 g/mol. The second-order valence-corrected chi connectivity index (χ2v) is 5.29. The average molecular weight is 294 g/mol. The van der Waals surface area contributed by atoms with Crippen LogP contribution in [0.4, 0.5) is 5.13 Å². The number of hydrogen-bond donors (Lipinski definition) is 1. The smallest absolute Gasteiger partial charge is 0.180 e. The van der Waals surface area contributed by atoms with Crippen molar-refractivity contribution >= 4 is 28.9 Å². The number of thiazole rings is 1. The Morgan fingerprint density at radius 1 is 1.67 bits per heavy atom. The molecule has 5 nitrogen and oxygen atoms in total. The maximum atomic E-state index is 5.65. The van der Waals surface area contributed by atoms with Crippen molar-refractivity contribution in [2.45, 2.75) is 19.0 Å². The Morgan fingerprint density at radius 2 is 2.50 bits per heavy atom. The van der Waals surface area contributed by atoms with Gasteiger partial charge in [0.25, 0.3) is 0 Å². The molecule has 104 valence electrons. The van der Waals surface area contributed by atoms with Crippen molar-refractivity contribution in [2.75, 3.05) is 39.2 Å². The lowest BCUT2D eigenvalue weighted by molar-refractivity contribution is 0.101. The molecule has 0 spiro atoms. The maximum Gasteiger partial charge on any atom is 0.180 e. The molecule has 0 amide bonds. The number of halogens is 1. The predicted octanol–water partition coefficient (Wildman–Crippen LogP) is 1.38. The fourth-order valence-electron chi connectivity index (χ4n) is 2.01. The van der Waals surface area contributed by atoms with Crippen LogP contribution in [0.3, 0.4) is 0 Å². The topological polar surface area (TPSA) is 60.6 Å². The van der Waals surface area contributed by atoms with E-state index in [-0.39, 0.29) is 12.4 Å². The lowest BCUT2D eigenvalue weighted by Crippen LogP contribution is -2.37. The van der Waals surface area contributed by atoms with Gasteiger partial charge in [0, 0.05) is 43.9 Å². The highest BCUT2D eigenvalue weighted by Gasteiger charge is 2.23. The lowest BCUT2D eigenvalue weighted by Gasteiger charge is -2.26. The van der Waals surface area contributed by atoms with Crippen molar-refractivity contribution < 1.29 is 9.47 Å². The summed E-state index contributed by atoms with van der Waals surface area (Å²) in [4.78, 5) is 7.68. The van der Waals surface area contributed by atoms with Crippen LogP contribution >= 0.6 is 23.7 Å². The SMILES string of the molecule is COCCN(Cc1cnc(N)s1)C1CCOC1.Cl. The average Bonchev–Trinajstić information content (AvgIpc) is 2.95. The molecule has 0 aromatic carbocycles. The zero-order valence-corrected chi connectivity index (χ0v) is 12.1. The van der Waals surface area contributed by atoms with Gasteiger partial charge in [0.15, 0.2) is 5.13 Å². The van der Waals surface area contributed by atoms with Crippen molar-refractivity contribution in [3.05, 3.63) is 11.1 Å². The molecule has 1 aromatic rings. The molecule has 1 aliphatic heterocycles. The number of nitrogen functional groups attached to an aromatic ring is 1. The first-order valence-corrected chi connectivity index (χ1v) is 6.62. The van der Waals surface area contributed by atoms with Gasteiger partial charge in [-0.25, -0.2) is 4.98 Å². The molecule has 2 rings (SSSR count). The highest BCUT2D eigenvalue weighted by Crippen LogP contribution is 2.20. The maximum absolute atomic E-state index is 5.65. The zero-order chi connectivity index (χ0) is 12.1. The van der Waals surface area contributed by atoms with Gasteiger partial charge in [-0.05, 0) is 6.42 Å². The van der Waals surface area contributed by atoms with Gasteiger partial charge in [-0.1, -0.05) is 0 Å². The summed E-state index contributed by atoms with van der Waals surface area (Å²) in [5.41, 5.74) is 5.65. The zero-order valence-electron chi connectivity index (χ0n) is 10.5. The van der Waals surface area contributed by atoms with Crippen LogP contribution < -0.4 is 5.73 Å². The van der Waals surface area contributed by atoms with Crippen LogP contribution in [0.2, 0.25) is 0 Å². The minimum Gasteiger partial charge on any atom is -0.383 e. The van der Waals surface area contributed by atoms with E-state index in [1.807, 2.05) is 6.20 Å². The number of methoxy groups -OCH3 is 1. The summed E-state index contributed by atoms with van der Waals surface area (Å²) in [5, 5.41) is 0.634. The molecule has 0 saturated carbocycles. The van der Waals surface area contributed by atoms with E-state index in [0.717, 1.165) is 39.3 Å². The second-order valence-electron chi connectivity index (χ2n) is 4.15. The van der Waals surface area contributed by atoms with Crippen LogP contribution in [-0.4, -0.2) is 49.4 Å². The van der Waals surface area contributed by atoms with E-state index in [1.54, 1.807) is 18.4 Å². The van der Waals surface area contributed by atoms with E-state index in [0.29, 0.717) is 11.2 Å². The largest absolute Gasteiger partial charge is 0.383 e. The fraction of sp³-hybridized carbons (Fsp3) is 0.727. The Hall–Kier alpha value is -0.400. The molecular weight excluding hydrogens is 274 g/mol. The minimum atomic E-state index is 0. The predicted molar refractivity (Wildman–Crippen MR) is 75.3 cm³/mol. The summed E-state index contributed by atoms with van der Waals surface area (Å²) in [5.74, 6) is 0. The number of rotatable bonds is 6. The van der Waals surface area contributed by atoms with Gasteiger partial charge in [0.2, 0.25) is 0 Å². The third-order valence-electron chi connectivity index (χ3n) is 2.94. The molecule has 1 aliphatic rings. The first-order valence-electron chi connectivity index (χ1n) is 5.80. The molecule has 0 radical (unpaired) electrons. The standard InChI is InChI=1S/C11H19N3O2S.ClH/c1-15-5-3-14(9-2-4-16-8-9)7-10-6-13-11(12)17-10;/h6,9H,2-5,7-8H2,1H3,(H2,12,13);1H. The molecule has 1 atom stereocenters. The fourth-order valence-corrected chi connectivity index (χ4v) is 2.72. The van der Waals surface area contributed by atoms with Gasteiger partial charge in [-0.15, -0.1) is 23.7 Å². The van der Waals surface area contributed by atoms with Crippen molar-refractivity contribution in [3.63, 3.8) is 0 Å². The number of hydrogen-bond acceptors (Lipinski definition) is 6. The highest BCUT2D eigenvalue weighted by atomic mass is 35.5. The van der Waals surface area contributed by atoms with Gasteiger partial charge in [0.05, 0.1) is 13.2 Å². The van der Waals surface area contributed by atoms with E-state index in [4.69, 9.17) is 15.2 Å². The van der Waals surface area contributed by atoms with E-state index < -0.39 is 0 Å². The van der Waals surface area contributed by atoms with Gasteiger partial charge >= 0.3 is 0 Å². The molecular formula is C11H20ClN3O2S. The Balaban J connectivity index is 0.00000162. The Labute approximate surface area is 118 Å². The van der Waals surface area contributed by atoms with Crippen LogP contribution in [0.5, 0.6) is 0 Å². The lowest BCUT2D eigenvalue weighted by atomic mass is 10.2. The molecule has 0 aliphatic carbocycles. The Morgan fingerprint density at radius 3 is 3.06 bits per heavy atom. The van der Waals surface area contributed by atoms with Crippen molar-refractivity contribution in [2.24, 2.45) is 0 Å². The number of anilines is 1. The molecule has 18 heavy (non-hydrogen) atoms. The van der Waals surface area contributed by atoms with Crippen LogP contribution in [-0.2, 0) is 16.0 Å². The van der Waals surface area contributed by atoms with E-state index in [1.165, 1.54) is 4.88 Å². The van der Waals surface area contributed by atoms with Crippen molar-refractivity contribution in [3.8, 4) is 0 Å². The van der Waals surface area contributed by atoms with Gasteiger partial charge in [-0.2, -0.15) is 0 Å². The highest BCUT2D eigenvalue weighted by molar-refractivity contribution is 7.15. The van der Waals surface area contributed by atoms with Crippen LogP contribution in [0.25, 0.3) is 0 Å². The second kappa shape index (κ2) is 7.91. The molecule has 2 heterocycles. The molecule has 1 aromatic heterocycles. The normalized spacial score (nSPS) is 19.1. The summed E-state index contributed by atoms with van der Waals surface area (Å²) in [6.07, 6.45) is 2.95. The summed E-state index contributed by atoms with van der Waals surface area (Å²) < 4.78 is 10.6. The molecule has 1 unspecified atom stereocenters. The van der Waals surface area contributed by atoms with Crippen LogP contribution in [0.15, 0.2) is 6.20 Å². The molecule has 1 fully saturated rings. The first kappa shape index (κ1) is 15.7. The number of nitrogens with zero attached hydrogens (tertiary/aromatic N) is 2. The first-order chi connectivity index (χ1) is 8.29. The molecule has 1 saturated heterocycles. The third-order valence-corrected chi connectivity index (χ3v) is 3.75. The number of ether oxygens (including phenoxy) is 2. The summed E-state index contributed by atoms with van der Waals surface area (Å²) in [6, 6.07) is 0.494. The van der Waals surface area contributed by atoms with Gasteiger partial charge in [0.1, 0.15) is 0 Å². The van der Waals surface area contributed by atoms with Crippen LogP contribution in [0.1, 0.15) is 11.3 Å². The number of aromatic nitrogens is 1. The third kappa shape index (κ3) is 4.37. The minimum absolute atomic E-state index is 0. The van der Waals surface area contributed by atoms with E-state index in [9.17, 15) is 0 Å². The number of nitrogens with two attached hydrogens (primary N) is 1. The van der Waals surface area contributed by atoms with E-state index >= 15 is 0 Å². The quantitative estimate of drug-likeness (QED) is 0.859. The van der Waals surface area contributed by atoms with Gasteiger partial charge < -0.3 is 15.2 Å². The summed E-state index contributed by atoms with van der Waals surface area (Å²) in [7, 11) is 1.73. The Bertz CT molecular complexity index is 345. The molecule has 0 bridgehead atoms. The molecule has 7 heteroatoms. The molecule has 2 N–H and O–H groups in total. The summed E-state index contributed by atoms with van der Waals surface area (Å²) >= 11 is 1.55. The van der Waals surface area contributed by atoms with Crippen LogP contribution in [0, 0.1) is 0 Å². The van der Waals surface area contributed by atoms with Crippen molar-refractivity contribution in [1.29, 1.82) is 0 Å². The summed E-state index contributed by atoms with van der Waals surface area (Å²) in [6.45, 7) is 4.22. The Kier molecular flexibility index (Phi) is 6.88. The van der Waals surface area contributed by atoms with Crippen molar-refractivity contribution in [1.82, 2.24) is 9.88 Å². The van der Waals surface area contributed by atoms with E-state index in [2.05, 4.69) is 9.88 Å². The van der Waals surface area contributed by atoms with Gasteiger partial charge in [-0.3, -0.25) is 4.90 Å².